The van der Waals surface area contributed by atoms with Gasteiger partial charge in [-0.05, 0) is 30.5 Å². The van der Waals surface area contributed by atoms with Gasteiger partial charge in [-0.1, -0.05) is 37.3 Å². The number of amides is 2. The number of likely N-dealkylation sites (N-methyl/N-ethyl adjacent to an activating group) is 1. The van der Waals surface area contributed by atoms with Crippen LogP contribution in [0.25, 0.3) is 0 Å². The molecular weight excluding hydrogens is 340 g/mol. The highest BCUT2D eigenvalue weighted by atomic mass is 32.1. The Morgan fingerprint density at radius 1 is 1.16 bits per heavy atom. The molecule has 1 N–H and O–H groups in total. The maximum Gasteiger partial charge on any atom is 0.315 e. The molecule has 0 spiro atoms. The Morgan fingerprint density at radius 3 is 2.48 bits per heavy atom. The molecule has 2 amide bonds. The van der Waals surface area contributed by atoms with E-state index in [1.165, 1.54) is 21.8 Å². The van der Waals surface area contributed by atoms with Crippen LogP contribution >= 0.6 is 11.3 Å². The number of rotatable bonds is 7. The minimum atomic E-state index is -0.728. The molecule has 0 fully saturated rings. The second kappa shape index (κ2) is 9.12. The average molecular weight is 362 g/mol. The van der Waals surface area contributed by atoms with E-state index in [1.54, 1.807) is 7.05 Å². The maximum atomic E-state index is 12.1. The molecule has 8 heteroatoms. The van der Waals surface area contributed by atoms with E-state index >= 15 is 0 Å². The maximum absolute atomic E-state index is 12.1. The largest absolute Gasteiger partial charge is 0.492 e. The third-order valence-corrected chi connectivity index (χ3v) is 4.54. The number of nitrogens with one attached hydrogen (secondary N) is 1. The van der Waals surface area contributed by atoms with E-state index < -0.39 is 11.8 Å². The number of benzene rings is 1. The molecule has 0 saturated carbocycles. The Hall–Kier alpha value is -2.48. The molecule has 134 valence electrons. The Kier molecular flexibility index (Phi) is 6.88. The van der Waals surface area contributed by atoms with Crippen LogP contribution in [0.2, 0.25) is 0 Å². The predicted molar refractivity (Wildman–Crippen MR) is 96.9 cm³/mol. The fourth-order valence-electron chi connectivity index (χ4n) is 1.99. The van der Waals surface area contributed by atoms with Crippen molar-refractivity contribution in [1.29, 1.82) is 0 Å². The van der Waals surface area contributed by atoms with Gasteiger partial charge in [-0.25, -0.2) is 0 Å². The fourth-order valence-corrected chi connectivity index (χ4v) is 2.67. The summed E-state index contributed by atoms with van der Waals surface area (Å²) in [5.41, 5.74) is 1.24. The first kappa shape index (κ1) is 18.9. The van der Waals surface area contributed by atoms with Crippen LogP contribution in [-0.2, 0) is 22.4 Å². The van der Waals surface area contributed by atoms with Crippen LogP contribution in [0.15, 0.2) is 24.3 Å². The van der Waals surface area contributed by atoms with Crippen LogP contribution < -0.4 is 10.1 Å². The summed E-state index contributed by atoms with van der Waals surface area (Å²) in [6.07, 6.45) is 1.71. The first-order chi connectivity index (χ1) is 12.0. The number of ether oxygens (including phenoxy) is 1. The van der Waals surface area contributed by atoms with Gasteiger partial charge in [-0.3, -0.25) is 14.9 Å². The highest BCUT2D eigenvalue weighted by Gasteiger charge is 2.20. The molecule has 7 nitrogen and oxygen atoms in total. The quantitative estimate of drug-likeness (QED) is 0.763. The van der Waals surface area contributed by atoms with Crippen molar-refractivity contribution in [2.24, 2.45) is 0 Å². The number of aryl methyl sites for hydroxylation is 2. The lowest BCUT2D eigenvalue weighted by atomic mass is 10.2. The van der Waals surface area contributed by atoms with Crippen LogP contribution in [0.3, 0.4) is 0 Å². The lowest BCUT2D eigenvalue weighted by Crippen LogP contribution is -2.39. The number of hydrogen-bond acceptors (Lipinski definition) is 6. The van der Waals surface area contributed by atoms with Crippen LogP contribution in [0, 0.1) is 0 Å². The molecule has 1 aromatic heterocycles. The van der Waals surface area contributed by atoms with E-state index in [2.05, 4.69) is 22.4 Å². The molecule has 0 unspecified atom stereocenters. The molecule has 0 radical (unpaired) electrons. The van der Waals surface area contributed by atoms with E-state index in [-0.39, 0.29) is 0 Å². The van der Waals surface area contributed by atoms with Gasteiger partial charge in [0.25, 0.3) is 0 Å². The topological polar surface area (TPSA) is 84.4 Å². The molecule has 2 rings (SSSR count). The third kappa shape index (κ3) is 5.53. The average Bonchev–Trinajstić information content (AvgIpc) is 3.09. The number of nitrogens with zero attached hydrogens (tertiary/aromatic N) is 3. The van der Waals surface area contributed by atoms with Gasteiger partial charge in [-0.15, -0.1) is 10.2 Å². The first-order valence-electron chi connectivity index (χ1n) is 8.14. The van der Waals surface area contributed by atoms with Crippen molar-refractivity contribution in [2.45, 2.75) is 26.7 Å². The minimum absolute atomic E-state index is 0.304. The normalized spacial score (nSPS) is 10.4. The standard InChI is InChI=1S/C17H22N4O3S/c1-4-12-6-8-13(9-7-12)24-11-10-21(3)16(23)15(22)18-17-20-19-14(5-2)25-17/h6-9H,4-5,10-11H2,1-3H3,(H,18,20,22). The zero-order valence-electron chi connectivity index (χ0n) is 14.6. The second-order valence-electron chi connectivity index (χ2n) is 5.38. The monoisotopic (exact) mass is 362 g/mol. The lowest BCUT2D eigenvalue weighted by Gasteiger charge is -2.16. The van der Waals surface area contributed by atoms with Crippen molar-refractivity contribution in [1.82, 2.24) is 15.1 Å². The summed E-state index contributed by atoms with van der Waals surface area (Å²) in [6, 6.07) is 7.80. The molecule has 2 aromatic rings. The minimum Gasteiger partial charge on any atom is -0.492 e. The van der Waals surface area contributed by atoms with Crippen LogP contribution in [0.4, 0.5) is 5.13 Å². The SMILES string of the molecule is CCc1ccc(OCCN(C)C(=O)C(=O)Nc2nnc(CC)s2)cc1. The van der Waals surface area contributed by atoms with Crippen molar-refractivity contribution in [2.75, 3.05) is 25.5 Å². The molecule has 0 bridgehead atoms. The van der Waals surface area contributed by atoms with Gasteiger partial charge in [-0.2, -0.15) is 0 Å². The van der Waals surface area contributed by atoms with Crippen LogP contribution in [-0.4, -0.2) is 47.1 Å². The Balaban J connectivity index is 1.77. The Morgan fingerprint density at radius 2 is 1.88 bits per heavy atom. The van der Waals surface area contributed by atoms with E-state index in [0.717, 1.165) is 23.6 Å². The summed E-state index contributed by atoms with van der Waals surface area (Å²) in [5, 5.41) is 11.3. The molecule has 0 saturated heterocycles. The molecule has 0 aliphatic heterocycles. The molecule has 25 heavy (non-hydrogen) atoms. The van der Waals surface area contributed by atoms with E-state index in [1.807, 2.05) is 31.2 Å². The predicted octanol–water partition coefficient (Wildman–Crippen LogP) is 2.14. The summed E-state index contributed by atoms with van der Waals surface area (Å²) >= 11 is 1.26. The summed E-state index contributed by atoms with van der Waals surface area (Å²) in [6.45, 7) is 4.64. The number of carbonyl (C=O) groups is 2. The van der Waals surface area contributed by atoms with E-state index in [4.69, 9.17) is 4.74 Å². The van der Waals surface area contributed by atoms with Crippen LogP contribution in [0.5, 0.6) is 5.75 Å². The zero-order chi connectivity index (χ0) is 18.2. The first-order valence-corrected chi connectivity index (χ1v) is 8.95. The van der Waals surface area contributed by atoms with Crippen molar-refractivity contribution in [3.05, 3.63) is 34.8 Å². The smallest absolute Gasteiger partial charge is 0.315 e. The highest BCUT2D eigenvalue weighted by Crippen LogP contribution is 2.15. The molecule has 1 heterocycles. The number of aromatic nitrogens is 2. The van der Waals surface area contributed by atoms with Crippen molar-refractivity contribution < 1.29 is 14.3 Å². The van der Waals surface area contributed by atoms with Gasteiger partial charge >= 0.3 is 11.8 Å². The summed E-state index contributed by atoms with van der Waals surface area (Å²) < 4.78 is 5.60. The van der Waals surface area contributed by atoms with Gasteiger partial charge in [0.2, 0.25) is 5.13 Å². The number of carbonyl (C=O) groups excluding carboxylic acids is 2. The third-order valence-electron chi connectivity index (χ3n) is 3.56. The van der Waals surface area contributed by atoms with Crippen molar-refractivity contribution >= 4 is 28.3 Å². The van der Waals surface area contributed by atoms with Gasteiger partial charge in [0.15, 0.2) is 0 Å². The van der Waals surface area contributed by atoms with Gasteiger partial charge in [0, 0.05) is 7.05 Å². The summed E-state index contributed by atoms with van der Waals surface area (Å²) in [4.78, 5) is 25.3. The van der Waals surface area contributed by atoms with E-state index in [9.17, 15) is 9.59 Å². The molecule has 0 aliphatic rings. The lowest BCUT2D eigenvalue weighted by molar-refractivity contribution is -0.142. The molecular formula is C17H22N4O3S. The Labute approximate surface area is 151 Å². The molecule has 0 aliphatic carbocycles. The number of anilines is 1. The second-order valence-corrected chi connectivity index (χ2v) is 6.44. The number of hydrogen-bond donors (Lipinski definition) is 1. The zero-order valence-corrected chi connectivity index (χ0v) is 15.4. The van der Waals surface area contributed by atoms with Gasteiger partial charge in [0.05, 0.1) is 6.54 Å². The van der Waals surface area contributed by atoms with E-state index in [0.29, 0.717) is 18.3 Å². The van der Waals surface area contributed by atoms with Crippen molar-refractivity contribution in [3.8, 4) is 5.75 Å². The summed E-state index contributed by atoms with van der Waals surface area (Å²) in [5.74, 6) is -0.629. The summed E-state index contributed by atoms with van der Waals surface area (Å²) in [7, 11) is 1.56. The van der Waals surface area contributed by atoms with Gasteiger partial charge in [0.1, 0.15) is 17.4 Å². The molecule has 1 aromatic carbocycles. The van der Waals surface area contributed by atoms with Gasteiger partial charge < -0.3 is 9.64 Å². The Bertz CT molecular complexity index is 715. The fraction of sp³-hybridized carbons (Fsp3) is 0.412. The van der Waals surface area contributed by atoms with Crippen molar-refractivity contribution in [3.63, 3.8) is 0 Å². The van der Waals surface area contributed by atoms with Crippen LogP contribution in [0.1, 0.15) is 24.4 Å². The molecule has 0 atom stereocenters. The highest BCUT2D eigenvalue weighted by molar-refractivity contribution is 7.15.